The molecule has 0 radical (unpaired) electrons. The van der Waals surface area contributed by atoms with Crippen molar-refractivity contribution < 1.29 is 22.7 Å². The number of carbonyl (C=O) groups excluding carboxylic acids is 2. The van der Waals surface area contributed by atoms with E-state index in [4.69, 9.17) is 16.3 Å². The van der Waals surface area contributed by atoms with Crippen LogP contribution in [0, 0.1) is 13.8 Å². The summed E-state index contributed by atoms with van der Waals surface area (Å²) in [6.07, 6.45) is 4.31. The Bertz CT molecular complexity index is 1540. The molecule has 10 heteroatoms. The first-order chi connectivity index (χ1) is 20.5. The molecule has 1 fully saturated rings. The van der Waals surface area contributed by atoms with E-state index in [1.807, 2.05) is 45.0 Å². The number of hydrogen-bond donors (Lipinski definition) is 1. The average molecular weight is 626 g/mol. The van der Waals surface area contributed by atoms with E-state index in [1.54, 1.807) is 24.3 Å². The number of nitrogens with zero attached hydrogens (tertiary/aromatic N) is 2. The van der Waals surface area contributed by atoms with Gasteiger partial charge in [-0.15, -0.1) is 0 Å². The first-order valence-electron chi connectivity index (χ1n) is 14.6. The molecule has 0 heterocycles. The van der Waals surface area contributed by atoms with Gasteiger partial charge in [-0.25, -0.2) is 8.42 Å². The van der Waals surface area contributed by atoms with Gasteiger partial charge in [0.05, 0.1) is 22.7 Å². The standard InChI is InChI=1S/C33H40ClN3O5S/c1-5-30(33(39)35-26-11-6-7-12-26)36(21-25-10-8-9-24(3)19-25)32(38)22-37(27-15-18-31(42-4)29(34)20-27)43(40,41)28-16-13-23(2)14-17-28/h8-10,13-20,26,30H,5-7,11-12,21-22H2,1-4H3,(H,35,39). The van der Waals surface area contributed by atoms with Crippen LogP contribution in [0.5, 0.6) is 5.75 Å². The number of aryl methyl sites for hydroxylation is 2. The zero-order valence-electron chi connectivity index (χ0n) is 25.2. The van der Waals surface area contributed by atoms with Gasteiger partial charge >= 0.3 is 0 Å². The summed E-state index contributed by atoms with van der Waals surface area (Å²) < 4.78 is 34.5. The van der Waals surface area contributed by atoms with Gasteiger partial charge in [0.15, 0.2) is 0 Å². The topological polar surface area (TPSA) is 96.0 Å². The summed E-state index contributed by atoms with van der Waals surface area (Å²) >= 11 is 6.41. The Morgan fingerprint density at radius 2 is 1.70 bits per heavy atom. The number of methoxy groups -OCH3 is 1. The van der Waals surface area contributed by atoms with E-state index in [0.29, 0.717) is 12.2 Å². The number of ether oxygens (including phenoxy) is 1. The number of rotatable bonds is 12. The second kappa shape index (κ2) is 14.3. The molecule has 0 bridgehead atoms. The van der Waals surface area contributed by atoms with Gasteiger partial charge in [-0.1, -0.05) is 78.9 Å². The number of amides is 2. The van der Waals surface area contributed by atoms with Crippen molar-refractivity contribution >= 4 is 39.1 Å². The highest BCUT2D eigenvalue weighted by atomic mass is 35.5. The van der Waals surface area contributed by atoms with Crippen molar-refractivity contribution in [3.8, 4) is 5.75 Å². The zero-order valence-corrected chi connectivity index (χ0v) is 26.7. The van der Waals surface area contributed by atoms with Crippen LogP contribution in [0.2, 0.25) is 5.02 Å². The average Bonchev–Trinajstić information content (AvgIpc) is 3.49. The normalized spacial score (nSPS) is 14.3. The van der Waals surface area contributed by atoms with Gasteiger partial charge < -0.3 is 15.0 Å². The second-order valence-corrected chi connectivity index (χ2v) is 13.3. The van der Waals surface area contributed by atoms with E-state index >= 15 is 0 Å². The summed E-state index contributed by atoms with van der Waals surface area (Å²) in [6.45, 7) is 5.31. The summed E-state index contributed by atoms with van der Waals surface area (Å²) in [5, 5.41) is 3.34. The third kappa shape index (κ3) is 7.89. The number of anilines is 1. The fraction of sp³-hybridized carbons (Fsp3) is 0.394. The molecule has 230 valence electrons. The van der Waals surface area contributed by atoms with Crippen LogP contribution in [0.25, 0.3) is 0 Å². The maximum Gasteiger partial charge on any atom is 0.264 e. The number of sulfonamides is 1. The van der Waals surface area contributed by atoms with E-state index in [-0.39, 0.29) is 34.1 Å². The lowest BCUT2D eigenvalue weighted by Gasteiger charge is -2.34. The van der Waals surface area contributed by atoms with Crippen LogP contribution in [0.4, 0.5) is 5.69 Å². The summed E-state index contributed by atoms with van der Waals surface area (Å²) in [5.41, 5.74) is 2.97. The van der Waals surface area contributed by atoms with Crippen LogP contribution in [0.15, 0.2) is 71.6 Å². The van der Waals surface area contributed by atoms with E-state index in [1.165, 1.54) is 30.2 Å². The van der Waals surface area contributed by atoms with Crippen LogP contribution in [-0.4, -0.2) is 50.9 Å². The van der Waals surface area contributed by atoms with Gasteiger partial charge in [-0.2, -0.15) is 0 Å². The molecule has 4 rings (SSSR count). The molecule has 1 aliphatic rings. The zero-order chi connectivity index (χ0) is 31.1. The maximum absolute atomic E-state index is 14.3. The fourth-order valence-electron chi connectivity index (χ4n) is 5.47. The summed E-state index contributed by atoms with van der Waals surface area (Å²) in [4.78, 5) is 29.4. The maximum atomic E-state index is 14.3. The Morgan fingerprint density at radius 1 is 1.00 bits per heavy atom. The van der Waals surface area contributed by atoms with Crippen LogP contribution in [0.1, 0.15) is 55.7 Å². The van der Waals surface area contributed by atoms with E-state index in [2.05, 4.69) is 5.32 Å². The van der Waals surface area contributed by atoms with Gasteiger partial charge in [0, 0.05) is 12.6 Å². The largest absolute Gasteiger partial charge is 0.495 e. The molecule has 8 nitrogen and oxygen atoms in total. The van der Waals surface area contributed by atoms with Crippen molar-refractivity contribution in [2.45, 2.75) is 76.4 Å². The summed E-state index contributed by atoms with van der Waals surface area (Å²) in [5.74, 6) is -0.353. The molecular weight excluding hydrogens is 586 g/mol. The van der Waals surface area contributed by atoms with Crippen molar-refractivity contribution in [3.05, 3.63) is 88.4 Å². The first kappa shape index (κ1) is 32.4. The quantitative estimate of drug-likeness (QED) is 0.265. The highest BCUT2D eigenvalue weighted by Crippen LogP contribution is 2.32. The minimum absolute atomic E-state index is 0.0362. The van der Waals surface area contributed by atoms with Crippen molar-refractivity contribution in [3.63, 3.8) is 0 Å². The monoisotopic (exact) mass is 625 g/mol. The Hall–Kier alpha value is -3.56. The van der Waals surface area contributed by atoms with E-state index in [9.17, 15) is 18.0 Å². The molecule has 1 aliphatic carbocycles. The molecule has 1 atom stereocenters. The number of halogens is 1. The van der Waals surface area contributed by atoms with Gasteiger partial charge in [0.1, 0.15) is 18.3 Å². The molecule has 0 aromatic heterocycles. The number of nitrogens with one attached hydrogen (secondary N) is 1. The minimum atomic E-state index is -4.20. The Morgan fingerprint density at radius 3 is 2.30 bits per heavy atom. The second-order valence-electron chi connectivity index (χ2n) is 11.1. The third-order valence-corrected chi connectivity index (χ3v) is 9.92. The van der Waals surface area contributed by atoms with Gasteiger partial charge in [0.2, 0.25) is 11.8 Å². The van der Waals surface area contributed by atoms with Crippen molar-refractivity contribution in [2.24, 2.45) is 0 Å². The first-order valence-corrected chi connectivity index (χ1v) is 16.4. The predicted octanol–water partition coefficient (Wildman–Crippen LogP) is 6.03. The molecule has 1 N–H and O–H groups in total. The molecule has 3 aromatic rings. The van der Waals surface area contributed by atoms with Gasteiger partial charge in [0.25, 0.3) is 10.0 Å². The molecular formula is C33H40ClN3O5S. The van der Waals surface area contributed by atoms with E-state index in [0.717, 1.165) is 46.7 Å². The van der Waals surface area contributed by atoms with Crippen LogP contribution < -0.4 is 14.4 Å². The minimum Gasteiger partial charge on any atom is -0.495 e. The molecule has 0 aliphatic heterocycles. The molecule has 43 heavy (non-hydrogen) atoms. The summed E-state index contributed by atoms with van der Waals surface area (Å²) in [7, 11) is -2.73. The molecule has 2 amide bonds. The Balaban J connectivity index is 1.74. The van der Waals surface area contributed by atoms with Crippen LogP contribution in [0.3, 0.4) is 0 Å². The lowest BCUT2D eigenvalue weighted by atomic mass is 10.1. The molecule has 1 saturated carbocycles. The number of carbonyl (C=O) groups is 2. The number of hydrogen-bond acceptors (Lipinski definition) is 5. The van der Waals surface area contributed by atoms with E-state index < -0.39 is 28.5 Å². The molecule has 0 saturated heterocycles. The highest BCUT2D eigenvalue weighted by Gasteiger charge is 2.34. The Labute approximate surface area is 260 Å². The van der Waals surface area contributed by atoms with Crippen molar-refractivity contribution in [2.75, 3.05) is 18.0 Å². The Kier molecular flexibility index (Phi) is 10.7. The van der Waals surface area contributed by atoms with Crippen molar-refractivity contribution in [1.29, 1.82) is 0 Å². The predicted molar refractivity (Wildman–Crippen MR) is 170 cm³/mol. The third-order valence-electron chi connectivity index (χ3n) is 7.83. The fourth-order valence-corrected chi connectivity index (χ4v) is 7.13. The molecule has 3 aromatic carbocycles. The van der Waals surface area contributed by atoms with Crippen LogP contribution in [-0.2, 0) is 26.2 Å². The lowest BCUT2D eigenvalue weighted by molar-refractivity contribution is -0.140. The molecule has 0 spiro atoms. The smallest absolute Gasteiger partial charge is 0.264 e. The van der Waals surface area contributed by atoms with Crippen molar-refractivity contribution in [1.82, 2.24) is 10.2 Å². The van der Waals surface area contributed by atoms with Gasteiger partial charge in [-0.3, -0.25) is 13.9 Å². The van der Waals surface area contributed by atoms with Gasteiger partial charge in [-0.05, 0) is 69.0 Å². The number of benzene rings is 3. The van der Waals surface area contributed by atoms with Crippen LogP contribution >= 0.6 is 11.6 Å². The lowest BCUT2D eigenvalue weighted by Crippen LogP contribution is -2.53. The highest BCUT2D eigenvalue weighted by molar-refractivity contribution is 7.92. The molecule has 1 unspecified atom stereocenters. The SMILES string of the molecule is CCC(C(=O)NC1CCCC1)N(Cc1cccc(C)c1)C(=O)CN(c1ccc(OC)c(Cl)c1)S(=O)(=O)c1ccc(C)cc1. The summed E-state index contributed by atoms with van der Waals surface area (Å²) in [6, 6.07) is 18.1.